The Kier molecular flexibility index (Phi) is 4.73. The Morgan fingerprint density at radius 3 is 1.43 bits per heavy atom. The third-order valence-electron chi connectivity index (χ3n) is 0.306. The SMILES string of the molecule is CC(C)(C)[C]=O.[AlH3]. The molecule has 0 amide bonds. The van der Waals surface area contributed by atoms with E-state index in [1.54, 1.807) is 0 Å². The second-order valence-corrected chi connectivity index (χ2v) is 2.35. The minimum absolute atomic E-state index is 0. The minimum atomic E-state index is -0.264. The van der Waals surface area contributed by atoms with Gasteiger partial charge in [-0.15, -0.1) is 0 Å². The molecule has 0 spiro atoms. The number of carbonyl (C=O) groups excluding carboxylic acids is 1. The molecule has 0 aromatic heterocycles. The summed E-state index contributed by atoms with van der Waals surface area (Å²) in [4.78, 5) is 9.70. The zero-order valence-corrected chi connectivity index (χ0v) is 4.41. The van der Waals surface area contributed by atoms with E-state index in [9.17, 15) is 4.79 Å². The molecule has 0 aliphatic carbocycles. The molecule has 0 rings (SSSR count). The van der Waals surface area contributed by atoms with E-state index in [-0.39, 0.29) is 22.8 Å². The monoisotopic (exact) mass is 115 g/mol. The van der Waals surface area contributed by atoms with Crippen molar-refractivity contribution in [3.8, 4) is 0 Å². The van der Waals surface area contributed by atoms with Gasteiger partial charge in [0.05, 0.1) is 0 Å². The fourth-order valence-corrected chi connectivity index (χ4v) is 0. The van der Waals surface area contributed by atoms with Gasteiger partial charge in [-0.2, -0.15) is 0 Å². The Bertz CT molecular complexity index is 53.6. The maximum Gasteiger partial charge on any atom is 0.204 e. The molecular weight excluding hydrogens is 103 g/mol. The molecule has 1 radical (unpaired) electrons. The first kappa shape index (κ1) is 10.2. The lowest BCUT2D eigenvalue weighted by Gasteiger charge is -2.02. The molecule has 0 heterocycles. The zero-order valence-electron chi connectivity index (χ0n) is 4.41. The van der Waals surface area contributed by atoms with Gasteiger partial charge in [0.1, 0.15) is 0 Å². The van der Waals surface area contributed by atoms with Crippen molar-refractivity contribution in [2.24, 2.45) is 5.41 Å². The van der Waals surface area contributed by atoms with Crippen LogP contribution in [-0.2, 0) is 4.79 Å². The van der Waals surface area contributed by atoms with Gasteiger partial charge < -0.3 is 0 Å². The average Bonchev–Trinajstić information content (AvgIpc) is 1.35. The molecule has 0 saturated carbocycles. The Balaban J connectivity index is 0. The first-order chi connectivity index (χ1) is 2.56. The first-order valence-electron chi connectivity index (χ1n) is 1.95. The van der Waals surface area contributed by atoms with Crippen molar-refractivity contribution in [3.63, 3.8) is 0 Å². The van der Waals surface area contributed by atoms with Gasteiger partial charge in [-0.05, 0) is 0 Å². The van der Waals surface area contributed by atoms with E-state index in [4.69, 9.17) is 0 Å². The average molecular weight is 115 g/mol. The maximum absolute atomic E-state index is 9.70. The highest BCUT2D eigenvalue weighted by molar-refractivity contribution is 5.75. The fourth-order valence-electron chi connectivity index (χ4n) is 0. The molecule has 0 aromatic carbocycles. The Hall–Kier alpha value is 0.202. The van der Waals surface area contributed by atoms with E-state index in [0.29, 0.717) is 0 Å². The summed E-state index contributed by atoms with van der Waals surface area (Å²) in [7, 11) is 0. The number of hydrogen-bond acceptors (Lipinski definition) is 1. The van der Waals surface area contributed by atoms with Crippen molar-refractivity contribution in [2.45, 2.75) is 20.8 Å². The quantitative estimate of drug-likeness (QED) is 0.405. The summed E-state index contributed by atoms with van der Waals surface area (Å²) in [6.45, 7) is 5.46. The summed E-state index contributed by atoms with van der Waals surface area (Å²) in [6, 6.07) is 0. The van der Waals surface area contributed by atoms with E-state index >= 15 is 0 Å². The van der Waals surface area contributed by atoms with Crippen molar-refractivity contribution in [1.29, 1.82) is 0 Å². The molecule has 0 bridgehead atoms. The van der Waals surface area contributed by atoms with Gasteiger partial charge in [0.25, 0.3) is 0 Å². The Morgan fingerprint density at radius 2 is 1.43 bits per heavy atom. The van der Waals surface area contributed by atoms with E-state index in [1.807, 2.05) is 27.1 Å². The van der Waals surface area contributed by atoms with Crippen LogP contribution in [0.15, 0.2) is 0 Å². The molecule has 0 aliphatic heterocycles. The van der Waals surface area contributed by atoms with E-state index in [0.717, 1.165) is 0 Å². The van der Waals surface area contributed by atoms with Crippen LogP contribution in [0.3, 0.4) is 0 Å². The zero-order chi connectivity index (χ0) is 5.21. The molecule has 1 nitrogen and oxygen atoms in total. The second-order valence-electron chi connectivity index (χ2n) is 2.35. The topological polar surface area (TPSA) is 17.1 Å². The molecule has 0 atom stereocenters. The predicted molar refractivity (Wildman–Crippen MR) is 35.1 cm³/mol. The van der Waals surface area contributed by atoms with Gasteiger partial charge in [-0.3, -0.25) is 4.79 Å². The van der Waals surface area contributed by atoms with Gasteiger partial charge in [0, 0.05) is 5.41 Å². The largest absolute Gasteiger partial charge is 0.290 e. The minimum Gasteiger partial charge on any atom is -0.290 e. The van der Waals surface area contributed by atoms with E-state index in [1.165, 1.54) is 0 Å². The van der Waals surface area contributed by atoms with Gasteiger partial charge in [0.2, 0.25) is 6.29 Å². The molecule has 2 heteroatoms. The Morgan fingerprint density at radius 1 is 1.29 bits per heavy atom. The third kappa shape index (κ3) is 10.7. The number of hydrogen-bond donors (Lipinski definition) is 0. The highest BCUT2D eigenvalue weighted by Gasteiger charge is 2.06. The summed E-state index contributed by atoms with van der Waals surface area (Å²) >= 11 is 0. The van der Waals surface area contributed by atoms with Gasteiger partial charge in [-0.25, -0.2) is 0 Å². The van der Waals surface area contributed by atoms with Crippen LogP contribution in [0.4, 0.5) is 0 Å². The maximum atomic E-state index is 9.70. The first-order valence-corrected chi connectivity index (χ1v) is 1.95. The van der Waals surface area contributed by atoms with Crippen LogP contribution >= 0.6 is 0 Å². The molecule has 0 aliphatic rings. The van der Waals surface area contributed by atoms with Crippen LogP contribution in [-0.4, -0.2) is 23.6 Å². The summed E-state index contributed by atoms with van der Waals surface area (Å²) in [5.74, 6) is 0. The standard InChI is InChI=1S/C5H9O.Al.3H/c1-5(2,3)4-6;;;;/h1-3H3;;;;. The summed E-state index contributed by atoms with van der Waals surface area (Å²) in [6.07, 6.45) is 1.85. The molecule has 0 unspecified atom stereocenters. The summed E-state index contributed by atoms with van der Waals surface area (Å²) in [5.41, 5.74) is -0.264. The molecule has 0 aromatic rings. The molecule has 7 heavy (non-hydrogen) atoms. The van der Waals surface area contributed by atoms with Crippen LogP contribution < -0.4 is 0 Å². The van der Waals surface area contributed by atoms with Gasteiger partial charge in [-0.1, -0.05) is 20.8 Å². The van der Waals surface area contributed by atoms with Crippen LogP contribution in [0.1, 0.15) is 20.8 Å². The highest BCUT2D eigenvalue weighted by Crippen LogP contribution is 2.05. The van der Waals surface area contributed by atoms with Crippen molar-refractivity contribution in [2.75, 3.05) is 0 Å². The Labute approximate surface area is 55.2 Å². The third-order valence-corrected chi connectivity index (χ3v) is 0.306. The van der Waals surface area contributed by atoms with Crippen molar-refractivity contribution in [3.05, 3.63) is 0 Å². The second kappa shape index (κ2) is 3.24. The summed E-state index contributed by atoms with van der Waals surface area (Å²) in [5, 5.41) is 0. The molecular formula is C5H12AlO. The van der Waals surface area contributed by atoms with Crippen molar-refractivity contribution in [1.82, 2.24) is 0 Å². The molecule has 0 fully saturated rings. The lowest BCUT2D eigenvalue weighted by atomic mass is 10.0. The van der Waals surface area contributed by atoms with Crippen molar-refractivity contribution >= 4 is 23.6 Å². The van der Waals surface area contributed by atoms with E-state index < -0.39 is 0 Å². The molecule has 41 valence electrons. The van der Waals surface area contributed by atoms with Gasteiger partial charge in [0.15, 0.2) is 17.4 Å². The smallest absolute Gasteiger partial charge is 0.204 e. The normalized spacial score (nSPS) is 9.57. The molecule has 0 N–H and O–H groups in total. The fraction of sp³-hybridized carbons (Fsp3) is 0.800. The van der Waals surface area contributed by atoms with Crippen LogP contribution in [0.5, 0.6) is 0 Å². The highest BCUT2D eigenvalue weighted by atomic mass is 27.0. The lowest BCUT2D eigenvalue weighted by Crippen LogP contribution is -2.04. The van der Waals surface area contributed by atoms with Crippen LogP contribution in [0.25, 0.3) is 0 Å². The molecule has 0 saturated heterocycles. The van der Waals surface area contributed by atoms with E-state index in [2.05, 4.69) is 0 Å². The summed E-state index contributed by atoms with van der Waals surface area (Å²) < 4.78 is 0. The van der Waals surface area contributed by atoms with Gasteiger partial charge >= 0.3 is 0 Å². The van der Waals surface area contributed by atoms with Crippen LogP contribution in [0.2, 0.25) is 0 Å². The predicted octanol–water partition coefficient (Wildman–Crippen LogP) is -0.0417. The lowest BCUT2D eigenvalue weighted by molar-refractivity contribution is 0.479. The van der Waals surface area contributed by atoms with Crippen LogP contribution in [0, 0.1) is 5.41 Å². The number of rotatable bonds is 0. The van der Waals surface area contributed by atoms with Crippen molar-refractivity contribution < 1.29 is 4.79 Å².